The zero-order valence-electron chi connectivity index (χ0n) is 27.8. The van der Waals surface area contributed by atoms with Gasteiger partial charge in [-0.05, 0) is 97.4 Å². The Bertz CT molecular complexity index is 2980. The smallest absolute Gasteiger partial charge is 0.744 e. The Kier molecular flexibility index (Phi) is 12.3. The Balaban J connectivity index is 0.00000271. The van der Waals surface area contributed by atoms with Crippen molar-refractivity contribution in [1.29, 1.82) is 0 Å². The maximum atomic E-state index is 12.9. The van der Waals surface area contributed by atoms with E-state index in [0.29, 0.717) is 32.2 Å². The molecule has 256 valence electrons. The minimum Gasteiger partial charge on any atom is -0.744 e. The van der Waals surface area contributed by atoms with Gasteiger partial charge in [-0.1, -0.05) is 6.07 Å². The van der Waals surface area contributed by atoms with Crippen molar-refractivity contribution in [2.45, 2.75) is 16.7 Å². The summed E-state index contributed by atoms with van der Waals surface area (Å²) >= 11 is 2.58. The zero-order chi connectivity index (χ0) is 36.1. The van der Waals surface area contributed by atoms with Gasteiger partial charge < -0.3 is 9.11 Å². The number of benzene rings is 5. The Morgan fingerprint density at radius 2 is 1.25 bits per heavy atom. The Morgan fingerprint density at radius 3 is 1.91 bits per heavy atom. The number of aryl methyl sites for hydroxylation is 1. The van der Waals surface area contributed by atoms with E-state index in [1.807, 2.05) is 18.2 Å². The van der Waals surface area contributed by atoms with Crippen LogP contribution in [-0.4, -0.2) is 35.9 Å². The summed E-state index contributed by atoms with van der Waals surface area (Å²) in [6, 6.07) is 23.0. The van der Waals surface area contributed by atoms with Gasteiger partial charge in [-0.15, -0.1) is 22.7 Å². The van der Waals surface area contributed by atoms with Gasteiger partial charge in [-0.3, -0.25) is 20.4 Å². The molecule has 2 aromatic heterocycles. The summed E-state index contributed by atoms with van der Waals surface area (Å²) in [5, 5.41) is 8.76. The maximum absolute atomic E-state index is 12.9. The summed E-state index contributed by atoms with van der Waals surface area (Å²) in [4.78, 5) is 34.0. The second-order valence-electron chi connectivity index (χ2n) is 11.0. The molecule has 5 aromatic carbocycles. The quantitative estimate of drug-likeness (QED) is 0.0951. The number of hydrogen-bond acceptors (Lipinski definition) is 16. The van der Waals surface area contributed by atoms with Crippen molar-refractivity contribution in [2.75, 3.05) is 10.9 Å². The van der Waals surface area contributed by atoms with Crippen LogP contribution < -0.4 is 91.5 Å². The average Bonchev–Trinajstić information content (AvgIpc) is 3.71. The molecule has 0 saturated heterocycles. The van der Waals surface area contributed by atoms with Crippen LogP contribution in [0.3, 0.4) is 0 Å². The molecule has 0 spiro atoms. The van der Waals surface area contributed by atoms with E-state index < -0.39 is 41.3 Å². The van der Waals surface area contributed by atoms with Gasteiger partial charge in [-0.2, -0.15) is 10.2 Å². The Labute approximate surface area is 352 Å². The largest absolute Gasteiger partial charge is 1.00 e. The van der Waals surface area contributed by atoms with E-state index in [4.69, 9.17) is 4.98 Å². The Hall–Kier alpha value is -3.50. The van der Waals surface area contributed by atoms with Crippen LogP contribution in [0.2, 0.25) is 0 Å². The van der Waals surface area contributed by atoms with Crippen LogP contribution in [0.5, 0.6) is 0 Å². The van der Waals surface area contributed by atoms with Crippen LogP contribution in [0.1, 0.15) is 5.56 Å². The fourth-order valence-electron chi connectivity index (χ4n) is 5.05. The molecule has 0 bridgehead atoms. The standard InChI is InChI=1S/C33H22N6O8S4.2Na/c1-17-2-12-25-30(31(17)51(45,46)47)49-33(35-25)19-5-13-23-27(16-19)48-32(34-23)18-3-6-20(7-4-18)37-39-28-26(40)15-14-24(29(28)41)38-36-21-8-10-22(11-9-21)50(42,43)44;;/h2-16,36-37H,1H3,(H,42,43,44)(H,45,46,47);;/q;2*+1/p-2/b38-24-,39-28-;;. The molecule has 53 heavy (non-hydrogen) atoms. The predicted molar refractivity (Wildman–Crippen MR) is 191 cm³/mol. The summed E-state index contributed by atoms with van der Waals surface area (Å²) in [5.74, 6) is 0. The number of nitrogens with one attached hydrogen (secondary N) is 2. The first kappa shape index (κ1) is 40.7. The molecular weight excluding hydrogens is 783 g/mol. The normalized spacial score (nSPS) is 12.4. The summed E-state index contributed by atoms with van der Waals surface area (Å²) in [7, 11) is -9.30. The van der Waals surface area contributed by atoms with Gasteiger partial charge in [-0.25, -0.2) is 26.8 Å². The number of anilines is 2. The monoisotopic (exact) mass is 802 g/mol. The predicted octanol–water partition coefficient (Wildman–Crippen LogP) is -2.18. The topological polar surface area (TPSA) is 223 Å². The first-order valence-electron chi connectivity index (χ1n) is 14.6. The van der Waals surface area contributed by atoms with Crippen molar-refractivity contribution in [3.05, 3.63) is 128 Å². The van der Waals surface area contributed by atoms with Gasteiger partial charge in [0.1, 0.15) is 35.6 Å². The number of rotatable bonds is 8. The van der Waals surface area contributed by atoms with E-state index in [2.05, 4.69) is 26.0 Å². The fourth-order valence-corrected chi connectivity index (χ4v) is 8.81. The number of aromatic nitrogens is 2. The number of nitrogens with zero attached hydrogens (tertiary/aromatic N) is 4. The molecule has 0 saturated carbocycles. The molecule has 0 aliphatic carbocycles. The maximum Gasteiger partial charge on any atom is 1.00 e. The van der Waals surface area contributed by atoms with E-state index >= 15 is 0 Å². The van der Waals surface area contributed by atoms with Crippen molar-refractivity contribution < 1.29 is 85.1 Å². The summed E-state index contributed by atoms with van der Waals surface area (Å²) in [6.07, 6.45) is 0. The SMILES string of the molecule is Cc1ccc2nc(-c3ccc4nc(-c5ccc(N/N=c6/c(=O)cc/c(=N/Nc7ccc(S(=O)(=O)[O-])cc7)c6=O)cc5)sc4c3)sc2c1S(=O)(=O)[O-].[Na+].[Na+]. The number of fused-ring (bicyclic) bond motifs is 2. The van der Waals surface area contributed by atoms with Gasteiger partial charge in [0.15, 0.2) is 5.36 Å². The second kappa shape index (κ2) is 16.1. The van der Waals surface area contributed by atoms with Crippen molar-refractivity contribution in [2.24, 2.45) is 10.2 Å². The Morgan fingerprint density at radius 1 is 0.660 bits per heavy atom. The second-order valence-corrected chi connectivity index (χ2v) is 15.7. The van der Waals surface area contributed by atoms with E-state index in [1.54, 1.807) is 43.3 Å². The van der Waals surface area contributed by atoms with Crippen LogP contribution >= 0.6 is 22.7 Å². The van der Waals surface area contributed by atoms with E-state index in [0.717, 1.165) is 55.9 Å². The van der Waals surface area contributed by atoms with Crippen molar-refractivity contribution >= 4 is 74.7 Å². The van der Waals surface area contributed by atoms with Crippen LogP contribution in [-0.2, 0) is 20.2 Å². The third-order valence-electron chi connectivity index (χ3n) is 7.55. The van der Waals surface area contributed by atoms with Crippen molar-refractivity contribution in [3.63, 3.8) is 0 Å². The van der Waals surface area contributed by atoms with Crippen LogP contribution in [0, 0.1) is 6.92 Å². The molecule has 0 unspecified atom stereocenters. The molecular formula is C33H20N6Na2O8S4. The molecule has 0 aliphatic heterocycles. The molecule has 7 aromatic rings. The van der Waals surface area contributed by atoms with Gasteiger partial charge in [0, 0.05) is 11.1 Å². The number of hydrogen-bond donors (Lipinski definition) is 2. The molecule has 2 N–H and O–H groups in total. The fraction of sp³-hybridized carbons (Fsp3) is 0.0303. The third kappa shape index (κ3) is 8.75. The molecule has 2 heterocycles. The molecule has 7 rings (SSSR count). The van der Waals surface area contributed by atoms with Gasteiger partial charge >= 0.3 is 59.1 Å². The van der Waals surface area contributed by atoms with Gasteiger partial charge in [0.05, 0.1) is 41.6 Å². The molecule has 20 heteroatoms. The van der Waals surface area contributed by atoms with Crippen LogP contribution in [0.25, 0.3) is 41.6 Å². The molecule has 0 fully saturated rings. The minimum atomic E-state index is -4.69. The first-order valence-corrected chi connectivity index (χ1v) is 19.1. The van der Waals surface area contributed by atoms with E-state index in [9.17, 15) is 35.5 Å². The van der Waals surface area contributed by atoms with Crippen LogP contribution in [0.4, 0.5) is 11.4 Å². The van der Waals surface area contributed by atoms with Crippen molar-refractivity contribution in [1.82, 2.24) is 9.97 Å². The third-order valence-corrected chi connectivity index (χ3v) is 11.8. The van der Waals surface area contributed by atoms with Gasteiger partial charge in [0.2, 0.25) is 10.9 Å². The molecule has 0 aliphatic rings. The average molecular weight is 803 g/mol. The summed E-state index contributed by atoms with van der Waals surface area (Å²) < 4.78 is 70.3. The molecule has 0 radical (unpaired) electrons. The van der Waals surface area contributed by atoms with E-state index in [-0.39, 0.29) is 69.4 Å². The van der Waals surface area contributed by atoms with E-state index in [1.165, 1.54) is 29.5 Å². The molecule has 14 nitrogen and oxygen atoms in total. The first-order chi connectivity index (χ1) is 24.2. The summed E-state index contributed by atoms with van der Waals surface area (Å²) in [5.41, 5.74) is 7.81. The molecule has 0 atom stereocenters. The van der Waals surface area contributed by atoms with Crippen molar-refractivity contribution in [3.8, 4) is 21.1 Å². The number of thiazole rings is 2. The molecule has 0 amide bonds. The summed E-state index contributed by atoms with van der Waals surface area (Å²) in [6.45, 7) is 1.58. The van der Waals surface area contributed by atoms with Crippen LogP contribution in [0.15, 0.2) is 121 Å². The zero-order valence-corrected chi connectivity index (χ0v) is 35.1. The van der Waals surface area contributed by atoms with Gasteiger partial charge in [0.25, 0.3) is 0 Å². The minimum absolute atomic E-state index is 0.